The van der Waals surface area contributed by atoms with Crippen molar-refractivity contribution in [2.75, 3.05) is 11.9 Å². The number of anilines is 1. The topological polar surface area (TPSA) is 90.5 Å². The SMILES string of the molecule is O=C(CCNC(=O)NC1CCCCC1)Nc1ccccc1O. The summed E-state index contributed by atoms with van der Waals surface area (Å²) in [4.78, 5) is 23.5. The summed E-state index contributed by atoms with van der Waals surface area (Å²) in [7, 11) is 0. The van der Waals surface area contributed by atoms with Crippen LogP contribution in [0.1, 0.15) is 38.5 Å². The molecule has 120 valence electrons. The van der Waals surface area contributed by atoms with E-state index in [1.807, 2.05) is 0 Å². The number of hydrogen-bond donors (Lipinski definition) is 4. The second-order valence-electron chi connectivity index (χ2n) is 5.55. The zero-order chi connectivity index (χ0) is 15.8. The van der Waals surface area contributed by atoms with Gasteiger partial charge in [-0.15, -0.1) is 0 Å². The zero-order valence-corrected chi connectivity index (χ0v) is 12.6. The molecule has 0 saturated heterocycles. The van der Waals surface area contributed by atoms with E-state index in [2.05, 4.69) is 16.0 Å². The zero-order valence-electron chi connectivity index (χ0n) is 12.6. The predicted octanol–water partition coefficient (Wildman–Crippen LogP) is 2.35. The maximum absolute atomic E-state index is 11.7. The molecule has 6 heteroatoms. The molecule has 0 aromatic heterocycles. The number of phenols is 1. The minimum Gasteiger partial charge on any atom is -0.506 e. The van der Waals surface area contributed by atoms with Crippen molar-refractivity contribution in [3.8, 4) is 5.75 Å². The van der Waals surface area contributed by atoms with Gasteiger partial charge in [0.25, 0.3) is 0 Å². The van der Waals surface area contributed by atoms with Crippen LogP contribution in [-0.2, 0) is 4.79 Å². The Balaban J connectivity index is 1.64. The number of phenolic OH excluding ortho intramolecular Hbond substituents is 1. The first-order valence-corrected chi connectivity index (χ1v) is 7.77. The number of nitrogens with one attached hydrogen (secondary N) is 3. The molecule has 0 atom stereocenters. The smallest absolute Gasteiger partial charge is 0.315 e. The Labute approximate surface area is 130 Å². The summed E-state index contributed by atoms with van der Waals surface area (Å²) in [6.45, 7) is 0.262. The van der Waals surface area contributed by atoms with Crippen molar-refractivity contribution in [2.24, 2.45) is 0 Å². The first-order chi connectivity index (χ1) is 10.6. The van der Waals surface area contributed by atoms with Gasteiger partial charge in [0.15, 0.2) is 0 Å². The number of para-hydroxylation sites is 2. The van der Waals surface area contributed by atoms with E-state index in [1.165, 1.54) is 12.5 Å². The van der Waals surface area contributed by atoms with Crippen molar-refractivity contribution in [2.45, 2.75) is 44.6 Å². The third-order valence-electron chi connectivity index (χ3n) is 3.76. The van der Waals surface area contributed by atoms with E-state index in [0.29, 0.717) is 5.69 Å². The van der Waals surface area contributed by atoms with Crippen molar-refractivity contribution >= 4 is 17.6 Å². The number of aromatic hydroxyl groups is 1. The molecule has 2 rings (SSSR count). The molecule has 1 aliphatic rings. The van der Waals surface area contributed by atoms with Gasteiger partial charge >= 0.3 is 6.03 Å². The quantitative estimate of drug-likeness (QED) is 0.629. The summed E-state index contributed by atoms with van der Waals surface area (Å²) in [5.41, 5.74) is 0.374. The number of carbonyl (C=O) groups excluding carboxylic acids is 2. The maximum Gasteiger partial charge on any atom is 0.315 e. The highest BCUT2D eigenvalue weighted by Gasteiger charge is 2.15. The molecule has 3 amide bonds. The molecule has 1 saturated carbocycles. The van der Waals surface area contributed by atoms with Crippen molar-refractivity contribution in [3.63, 3.8) is 0 Å². The summed E-state index contributed by atoms with van der Waals surface area (Å²) >= 11 is 0. The lowest BCUT2D eigenvalue weighted by molar-refractivity contribution is -0.116. The molecule has 1 aliphatic carbocycles. The second kappa shape index (κ2) is 8.26. The van der Waals surface area contributed by atoms with E-state index in [4.69, 9.17) is 0 Å². The summed E-state index contributed by atoms with van der Waals surface area (Å²) in [5.74, 6) is -0.224. The van der Waals surface area contributed by atoms with Crippen LogP contribution in [-0.4, -0.2) is 29.6 Å². The van der Waals surface area contributed by atoms with E-state index in [1.54, 1.807) is 18.2 Å². The lowest BCUT2D eigenvalue weighted by Crippen LogP contribution is -2.43. The van der Waals surface area contributed by atoms with Crippen LogP contribution in [0.5, 0.6) is 5.75 Å². The highest BCUT2D eigenvalue weighted by molar-refractivity contribution is 5.92. The molecule has 0 aliphatic heterocycles. The van der Waals surface area contributed by atoms with Crippen LogP contribution < -0.4 is 16.0 Å². The maximum atomic E-state index is 11.7. The third kappa shape index (κ3) is 5.27. The van der Waals surface area contributed by atoms with Gasteiger partial charge in [-0.2, -0.15) is 0 Å². The first kappa shape index (κ1) is 16.1. The van der Waals surface area contributed by atoms with Crippen LogP contribution >= 0.6 is 0 Å². The van der Waals surface area contributed by atoms with Gasteiger partial charge in [0.2, 0.25) is 5.91 Å². The lowest BCUT2D eigenvalue weighted by atomic mass is 9.96. The first-order valence-electron chi connectivity index (χ1n) is 7.77. The Morgan fingerprint density at radius 2 is 1.86 bits per heavy atom. The number of benzene rings is 1. The average molecular weight is 305 g/mol. The highest BCUT2D eigenvalue weighted by atomic mass is 16.3. The number of amides is 3. The van der Waals surface area contributed by atoms with Crippen LogP contribution in [0.3, 0.4) is 0 Å². The van der Waals surface area contributed by atoms with Crippen molar-refractivity contribution in [3.05, 3.63) is 24.3 Å². The van der Waals surface area contributed by atoms with Crippen LogP contribution in [0.4, 0.5) is 10.5 Å². The molecule has 0 spiro atoms. The van der Waals surface area contributed by atoms with Gasteiger partial charge in [-0.1, -0.05) is 31.4 Å². The van der Waals surface area contributed by atoms with Crippen molar-refractivity contribution < 1.29 is 14.7 Å². The number of hydrogen-bond acceptors (Lipinski definition) is 3. The third-order valence-corrected chi connectivity index (χ3v) is 3.76. The Morgan fingerprint density at radius 1 is 1.14 bits per heavy atom. The summed E-state index contributed by atoms with van der Waals surface area (Å²) in [6, 6.07) is 6.57. The van der Waals surface area contributed by atoms with E-state index in [-0.39, 0.29) is 36.7 Å². The molecule has 22 heavy (non-hydrogen) atoms. The fourth-order valence-corrected chi connectivity index (χ4v) is 2.56. The predicted molar refractivity (Wildman–Crippen MR) is 84.8 cm³/mol. The highest BCUT2D eigenvalue weighted by Crippen LogP contribution is 2.21. The van der Waals surface area contributed by atoms with Gasteiger partial charge in [-0.3, -0.25) is 4.79 Å². The number of carbonyl (C=O) groups is 2. The van der Waals surface area contributed by atoms with E-state index in [9.17, 15) is 14.7 Å². The Morgan fingerprint density at radius 3 is 2.59 bits per heavy atom. The van der Waals surface area contributed by atoms with E-state index >= 15 is 0 Å². The van der Waals surface area contributed by atoms with E-state index in [0.717, 1.165) is 25.7 Å². The van der Waals surface area contributed by atoms with E-state index < -0.39 is 0 Å². The molecule has 6 nitrogen and oxygen atoms in total. The fourth-order valence-electron chi connectivity index (χ4n) is 2.56. The summed E-state index contributed by atoms with van der Waals surface area (Å²) in [5, 5.41) is 17.8. The molecule has 1 fully saturated rings. The molecule has 1 aromatic carbocycles. The van der Waals surface area contributed by atoms with Gasteiger partial charge in [0.05, 0.1) is 5.69 Å². The second-order valence-corrected chi connectivity index (χ2v) is 5.55. The molecule has 1 aromatic rings. The molecule has 0 bridgehead atoms. The van der Waals surface area contributed by atoms with Gasteiger partial charge in [-0.25, -0.2) is 4.79 Å². The summed E-state index contributed by atoms with van der Waals surface area (Å²) < 4.78 is 0. The van der Waals surface area contributed by atoms with Gasteiger partial charge < -0.3 is 21.1 Å². The molecule has 4 N–H and O–H groups in total. The molecule has 0 radical (unpaired) electrons. The van der Waals surface area contributed by atoms with Crippen molar-refractivity contribution in [1.29, 1.82) is 0 Å². The fraction of sp³-hybridized carbons (Fsp3) is 0.500. The van der Waals surface area contributed by atoms with Gasteiger partial charge in [0.1, 0.15) is 5.75 Å². The minimum absolute atomic E-state index is 0.0267. The monoisotopic (exact) mass is 305 g/mol. The standard InChI is InChI=1S/C16H23N3O3/c20-14-9-5-4-8-13(14)19-15(21)10-11-17-16(22)18-12-6-2-1-3-7-12/h4-5,8-9,12,20H,1-3,6-7,10-11H2,(H,19,21)(H2,17,18,22). The van der Waals surface area contributed by atoms with Crippen molar-refractivity contribution in [1.82, 2.24) is 10.6 Å². The molecule has 0 heterocycles. The van der Waals surface area contributed by atoms with Crippen LogP contribution in [0.15, 0.2) is 24.3 Å². The van der Waals surface area contributed by atoms with Crippen LogP contribution in [0.25, 0.3) is 0 Å². The summed E-state index contributed by atoms with van der Waals surface area (Å²) in [6.07, 6.45) is 5.78. The van der Waals surface area contributed by atoms with Crippen LogP contribution in [0, 0.1) is 0 Å². The van der Waals surface area contributed by atoms with Gasteiger partial charge in [0, 0.05) is 19.0 Å². The average Bonchev–Trinajstić information content (AvgIpc) is 2.50. The Hall–Kier alpha value is -2.24. The Bertz CT molecular complexity index is 513. The molecular formula is C16H23N3O3. The molecular weight excluding hydrogens is 282 g/mol. The largest absolute Gasteiger partial charge is 0.506 e. The number of urea groups is 1. The Kier molecular flexibility index (Phi) is 6.06. The minimum atomic E-state index is -0.250. The normalized spacial score (nSPS) is 15.1. The van der Waals surface area contributed by atoms with Crippen LogP contribution in [0.2, 0.25) is 0 Å². The number of rotatable bonds is 5. The lowest BCUT2D eigenvalue weighted by Gasteiger charge is -2.22. The molecule has 0 unspecified atom stereocenters. The van der Waals surface area contributed by atoms with Gasteiger partial charge in [-0.05, 0) is 25.0 Å².